The lowest BCUT2D eigenvalue weighted by molar-refractivity contribution is -0.122. The summed E-state index contributed by atoms with van der Waals surface area (Å²) in [6.07, 6.45) is 1.46. The van der Waals surface area contributed by atoms with Gasteiger partial charge < -0.3 is 10.1 Å². The molecule has 0 aliphatic rings. The Labute approximate surface area is 167 Å². The minimum Gasteiger partial charge on any atom is -0.496 e. The van der Waals surface area contributed by atoms with Crippen LogP contribution in [0.5, 0.6) is 5.75 Å². The average molecular weight is 405 g/mol. The molecule has 2 atom stereocenters. The number of aryl methyl sites for hydroxylation is 1. The maximum atomic E-state index is 13.0. The molecular weight excluding hydrogens is 376 g/mol. The quantitative estimate of drug-likeness (QED) is 0.731. The summed E-state index contributed by atoms with van der Waals surface area (Å²) >= 11 is 0. The predicted molar refractivity (Wildman–Crippen MR) is 112 cm³/mol. The molecule has 1 amide bonds. The van der Waals surface area contributed by atoms with Gasteiger partial charge in [0.05, 0.1) is 25.1 Å². The number of benzene rings is 2. The highest BCUT2D eigenvalue weighted by Gasteiger charge is 2.32. The maximum absolute atomic E-state index is 13.0. The molecule has 7 heteroatoms. The SMILES string of the molecule is CC[C@H](C(=O)N[C@H](C)c1ccccc1OC)N(c1cccc(C)c1)S(C)(=O)=O. The van der Waals surface area contributed by atoms with Crippen molar-refractivity contribution >= 4 is 21.6 Å². The second-order valence-corrected chi connectivity index (χ2v) is 8.65. The Bertz CT molecular complexity index is 928. The van der Waals surface area contributed by atoms with Gasteiger partial charge in [0.1, 0.15) is 11.8 Å². The van der Waals surface area contributed by atoms with Crippen LogP contribution < -0.4 is 14.4 Å². The Kier molecular flexibility index (Phi) is 7.07. The third kappa shape index (κ3) is 5.04. The maximum Gasteiger partial charge on any atom is 0.244 e. The Hall–Kier alpha value is -2.54. The van der Waals surface area contributed by atoms with Crippen LogP contribution in [0, 0.1) is 6.92 Å². The molecule has 2 rings (SSSR count). The monoisotopic (exact) mass is 404 g/mol. The second kappa shape index (κ2) is 9.10. The summed E-state index contributed by atoms with van der Waals surface area (Å²) < 4.78 is 31.6. The summed E-state index contributed by atoms with van der Waals surface area (Å²) in [6.45, 7) is 5.53. The highest BCUT2D eigenvalue weighted by molar-refractivity contribution is 7.92. The first-order valence-corrected chi connectivity index (χ1v) is 11.0. The zero-order valence-corrected chi connectivity index (χ0v) is 17.8. The summed E-state index contributed by atoms with van der Waals surface area (Å²) in [7, 11) is -2.08. The third-order valence-corrected chi connectivity index (χ3v) is 5.73. The van der Waals surface area contributed by atoms with E-state index < -0.39 is 16.1 Å². The molecule has 0 heterocycles. The van der Waals surface area contributed by atoms with E-state index in [9.17, 15) is 13.2 Å². The molecule has 0 aliphatic heterocycles. The first kappa shape index (κ1) is 21.8. The normalized spacial score (nSPS) is 13.5. The Morgan fingerprint density at radius 1 is 1.18 bits per heavy atom. The van der Waals surface area contributed by atoms with Gasteiger partial charge in [-0.25, -0.2) is 8.42 Å². The molecule has 0 saturated carbocycles. The molecule has 2 aromatic rings. The van der Waals surface area contributed by atoms with Crippen molar-refractivity contribution < 1.29 is 17.9 Å². The zero-order valence-electron chi connectivity index (χ0n) is 17.0. The Morgan fingerprint density at radius 2 is 1.86 bits per heavy atom. The van der Waals surface area contributed by atoms with E-state index in [0.717, 1.165) is 17.4 Å². The number of nitrogens with zero attached hydrogens (tertiary/aromatic N) is 1. The van der Waals surface area contributed by atoms with Crippen molar-refractivity contribution in [1.82, 2.24) is 5.32 Å². The van der Waals surface area contributed by atoms with Gasteiger partial charge in [0.15, 0.2) is 0 Å². The predicted octanol–water partition coefficient (Wildman–Crippen LogP) is 3.43. The summed E-state index contributed by atoms with van der Waals surface area (Å²) in [5, 5.41) is 2.93. The molecule has 1 N–H and O–H groups in total. The van der Waals surface area contributed by atoms with Crippen LogP contribution in [0.15, 0.2) is 48.5 Å². The highest BCUT2D eigenvalue weighted by Crippen LogP contribution is 2.26. The first-order chi connectivity index (χ1) is 13.2. The van der Waals surface area contributed by atoms with E-state index in [1.807, 2.05) is 44.2 Å². The number of hydrogen-bond donors (Lipinski definition) is 1. The number of hydrogen-bond acceptors (Lipinski definition) is 4. The summed E-state index contributed by atoms with van der Waals surface area (Å²) in [4.78, 5) is 13.0. The molecule has 0 unspecified atom stereocenters. The van der Waals surface area contributed by atoms with Crippen molar-refractivity contribution in [1.29, 1.82) is 0 Å². The number of para-hydroxylation sites is 1. The van der Waals surface area contributed by atoms with Gasteiger partial charge in [-0.3, -0.25) is 9.10 Å². The molecular formula is C21H28N2O4S. The lowest BCUT2D eigenvalue weighted by Gasteiger charge is -2.31. The standard InChI is InChI=1S/C21H28N2O4S/c1-6-19(23(28(5,25)26)17-11-9-10-15(2)14-17)21(24)22-16(3)18-12-7-8-13-20(18)27-4/h7-14,16,19H,6H2,1-5H3,(H,22,24)/t16-,19-/m1/s1. The topological polar surface area (TPSA) is 75.7 Å². The van der Waals surface area contributed by atoms with E-state index in [-0.39, 0.29) is 11.9 Å². The average Bonchev–Trinajstić information content (AvgIpc) is 2.64. The Balaban J connectivity index is 2.34. The molecule has 0 bridgehead atoms. The van der Waals surface area contributed by atoms with Crippen LogP contribution in [-0.2, 0) is 14.8 Å². The van der Waals surface area contributed by atoms with E-state index in [0.29, 0.717) is 17.9 Å². The van der Waals surface area contributed by atoms with Gasteiger partial charge in [0.2, 0.25) is 15.9 Å². The van der Waals surface area contributed by atoms with Crippen molar-refractivity contribution in [3.63, 3.8) is 0 Å². The van der Waals surface area contributed by atoms with E-state index in [1.165, 1.54) is 4.31 Å². The smallest absolute Gasteiger partial charge is 0.244 e. The minimum absolute atomic E-state index is 0.336. The molecule has 28 heavy (non-hydrogen) atoms. The lowest BCUT2D eigenvalue weighted by Crippen LogP contribution is -2.49. The van der Waals surface area contributed by atoms with Crippen LogP contribution in [0.4, 0.5) is 5.69 Å². The van der Waals surface area contributed by atoms with Crippen molar-refractivity contribution in [2.45, 2.75) is 39.3 Å². The van der Waals surface area contributed by atoms with Gasteiger partial charge in [0, 0.05) is 5.56 Å². The van der Waals surface area contributed by atoms with Crippen LogP contribution in [0.2, 0.25) is 0 Å². The van der Waals surface area contributed by atoms with Crippen LogP contribution >= 0.6 is 0 Å². The number of anilines is 1. The minimum atomic E-state index is -3.66. The van der Waals surface area contributed by atoms with Crippen LogP contribution in [0.3, 0.4) is 0 Å². The lowest BCUT2D eigenvalue weighted by atomic mass is 10.1. The fourth-order valence-electron chi connectivity index (χ4n) is 3.24. The number of nitrogens with one attached hydrogen (secondary N) is 1. The molecule has 2 aromatic carbocycles. The molecule has 152 valence electrons. The molecule has 0 saturated heterocycles. The van der Waals surface area contributed by atoms with Crippen molar-refractivity contribution in [2.75, 3.05) is 17.7 Å². The molecule has 0 radical (unpaired) electrons. The molecule has 0 aliphatic carbocycles. The van der Waals surface area contributed by atoms with Gasteiger partial charge in [-0.2, -0.15) is 0 Å². The second-order valence-electron chi connectivity index (χ2n) is 6.79. The van der Waals surface area contributed by atoms with Gasteiger partial charge in [-0.1, -0.05) is 37.3 Å². The van der Waals surface area contributed by atoms with Crippen molar-refractivity contribution in [3.05, 3.63) is 59.7 Å². The van der Waals surface area contributed by atoms with Gasteiger partial charge in [-0.05, 0) is 44.0 Å². The van der Waals surface area contributed by atoms with Crippen molar-refractivity contribution in [2.24, 2.45) is 0 Å². The molecule has 0 spiro atoms. The number of sulfonamides is 1. The molecule has 0 aromatic heterocycles. The van der Waals surface area contributed by atoms with Crippen LogP contribution in [-0.4, -0.2) is 33.7 Å². The largest absolute Gasteiger partial charge is 0.496 e. The van der Waals surface area contributed by atoms with Crippen LogP contribution in [0.1, 0.15) is 37.4 Å². The summed E-state index contributed by atoms with van der Waals surface area (Å²) in [6, 6.07) is 13.4. The fraction of sp³-hybridized carbons (Fsp3) is 0.381. The number of carbonyl (C=O) groups excluding carboxylic acids is 1. The van der Waals surface area contributed by atoms with Gasteiger partial charge in [-0.15, -0.1) is 0 Å². The van der Waals surface area contributed by atoms with E-state index in [2.05, 4.69) is 5.32 Å². The van der Waals surface area contributed by atoms with Crippen molar-refractivity contribution in [3.8, 4) is 5.75 Å². The van der Waals surface area contributed by atoms with E-state index in [1.54, 1.807) is 32.2 Å². The highest BCUT2D eigenvalue weighted by atomic mass is 32.2. The zero-order chi connectivity index (χ0) is 20.9. The van der Waals surface area contributed by atoms with E-state index >= 15 is 0 Å². The number of amides is 1. The van der Waals surface area contributed by atoms with E-state index in [4.69, 9.17) is 4.74 Å². The van der Waals surface area contributed by atoms with Crippen LogP contribution in [0.25, 0.3) is 0 Å². The third-order valence-electron chi connectivity index (χ3n) is 4.55. The number of carbonyl (C=O) groups is 1. The summed E-state index contributed by atoms with van der Waals surface area (Å²) in [5.74, 6) is 0.315. The molecule has 6 nitrogen and oxygen atoms in total. The Morgan fingerprint density at radius 3 is 2.43 bits per heavy atom. The number of rotatable bonds is 8. The van der Waals surface area contributed by atoms with Gasteiger partial charge in [0.25, 0.3) is 0 Å². The number of ether oxygens (including phenoxy) is 1. The first-order valence-electron chi connectivity index (χ1n) is 9.18. The summed E-state index contributed by atoms with van der Waals surface area (Å²) in [5.41, 5.74) is 2.23. The number of methoxy groups -OCH3 is 1. The fourth-order valence-corrected chi connectivity index (χ4v) is 4.44. The molecule has 0 fully saturated rings. The van der Waals surface area contributed by atoms with Gasteiger partial charge >= 0.3 is 0 Å².